The first-order chi connectivity index (χ1) is 9.03. The normalized spacial score (nSPS) is 19.3. The summed E-state index contributed by atoms with van der Waals surface area (Å²) in [4.78, 5) is 25.0. The summed E-state index contributed by atoms with van der Waals surface area (Å²) in [7, 11) is 0. The molecule has 0 saturated heterocycles. The van der Waals surface area contributed by atoms with Crippen molar-refractivity contribution < 1.29 is 19.4 Å². The number of amides is 1. The van der Waals surface area contributed by atoms with E-state index in [4.69, 9.17) is 15.6 Å². The summed E-state index contributed by atoms with van der Waals surface area (Å²) in [6, 6.07) is 4.75. The van der Waals surface area contributed by atoms with Gasteiger partial charge >= 0.3 is 5.97 Å². The molecule has 6 heteroatoms. The standard InChI is InChI=1S/C13H14N2O4/c14-13(4-5-13)12(18)15-6-7-19-10-8(11(16)17)2-1-3-9(10)15/h1-3H,4-7,14H2,(H,16,17). The average molecular weight is 262 g/mol. The van der Waals surface area contributed by atoms with Gasteiger partial charge in [-0.25, -0.2) is 4.79 Å². The molecule has 1 aromatic carbocycles. The maximum atomic E-state index is 12.3. The van der Waals surface area contributed by atoms with Crippen molar-refractivity contribution in [2.24, 2.45) is 5.73 Å². The Hall–Kier alpha value is -2.08. The van der Waals surface area contributed by atoms with Crippen LogP contribution in [0.15, 0.2) is 18.2 Å². The van der Waals surface area contributed by atoms with E-state index in [1.807, 2.05) is 0 Å². The van der Waals surface area contributed by atoms with Crippen molar-refractivity contribution in [2.75, 3.05) is 18.1 Å². The molecule has 0 radical (unpaired) electrons. The van der Waals surface area contributed by atoms with Crippen molar-refractivity contribution in [3.8, 4) is 5.75 Å². The number of hydrogen-bond acceptors (Lipinski definition) is 4. The minimum Gasteiger partial charge on any atom is -0.489 e. The molecule has 2 aliphatic rings. The number of para-hydroxylation sites is 1. The fraction of sp³-hybridized carbons (Fsp3) is 0.385. The second kappa shape index (κ2) is 3.96. The monoisotopic (exact) mass is 262 g/mol. The number of aromatic carboxylic acids is 1. The second-order valence-corrected chi connectivity index (χ2v) is 4.92. The lowest BCUT2D eigenvalue weighted by Crippen LogP contribution is -2.49. The summed E-state index contributed by atoms with van der Waals surface area (Å²) < 4.78 is 5.41. The van der Waals surface area contributed by atoms with Crippen molar-refractivity contribution in [2.45, 2.75) is 18.4 Å². The van der Waals surface area contributed by atoms with Crippen molar-refractivity contribution in [3.63, 3.8) is 0 Å². The molecule has 19 heavy (non-hydrogen) atoms. The summed E-state index contributed by atoms with van der Waals surface area (Å²) in [5, 5.41) is 9.13. The van der Waals surface area contributed by atoms with Crippen LogP contribution in [0, 0.1) is 0 Å². The molecule has 6 nitrogen and oxygen atoms in total. The largest absolute Gasteiger partial charge is 0.489 e. The Morgan fingerprint density at radius 3 is 2.74 bits per heavy atom. The molecule has 0 aromatic heterocycles. The van der Waals surface area contributed by atoms with Crippen molar-refractivity contribution in [1.29, 1.82) is 0 Å². The Labute approximate surface area is 109 Å². The number of anilines is 1. The van der Waals surface area contributed by atoms with Crippen LogP contribution in [0.4, 0.5) is 5.69 Å². The summed E-state index contributed by atoms with van der Waals surface area (Å²) in [6.07, 6.45) is 1.36. The van der Waals surface area contributed by atoms with Crippen molar-refractivity contribution >= 4 is 17.6 Å². The molecule has 3 N–H and O–H groups in total. The third-order valence-electron chi connectivity index (χ3n) is 3.54. The van der Waals surface area contributed by atoms with Gasteiger partial charge in [0, 0.05) is 0 Å². The summed E-state index contributed by atoms with van der Waals surface area (Å²) in [5.41, 5.74) is 5.72. The molecule has 1 fully saturated rings. The molecule has 1 amide bonds. The highest BCUT2D eigenvalue weighted by molar-refractivity contribution is 6.05. The number of nitrogens with zero attached hydrogens (tertiary/aromatic N) is 1. The van der Waals surface area contributed by atoms with Crippen molar-refractivity contribution in [1.82, 2.24) is 0 Å². The molecule has 1 aliphatic carbocycles. The molecule has 1 aromatic rings. The van der Waals surface area contributed by atoms with Gasteiger partial charge in [-0.15, -0.1) is 0 Å². The molecule has 100 valence electrons. The van der Waals surface area contributed by atoms with Crippen LogP contribution in [0.25, 0.3) is 0 Å². The Balaban J connectivity index is 2.03. The first-order valence-electron chi connectivity index (χ1n) is 6.13. The van der Waals surface area contributed by atoms with Crippen LogP contribution in [0.3, 0.4) is 0 Å². The Kier molecular flexibility index (Phi) is 2.50. The average Bonchev–Trinajstić information content (AvgIpc) is 3.15. The number of carbonyl (C=O) groups excluding carboxylic acids is 1. The quantitative estimate of drug-likeness (QED) is 0.814. The van der Waals surface area contributed by atoms with Crippen LogP contribution in [0.5, 0.6) is 5.75 Å². The van der Waals surface area contributed by atoms with Crippen LogP contribution in [0.1, 0.15) is 23.2 Å². The molecule has 1 saturated carbocycles. The van der Waals surface area contributed by atoms with Crippen LogP contribution in [0.2, 0.25) is 0 Å². The third kappa shape index (κ3) is 1.84. The highest BCUT2D eigenvalue weighted by Crippen LogP contribution is 2.40. The van der Waals surface area contributed by atoms with E-state index in [0.717, 1.165) is 0 Å². The minimum absolute atomic E-state index is 0.0665. The molecule has 0 atom stereocenters. The predicted molar refractivity (Wildman–Crippen MR) is 67.4 cm³/mol. The number of hydrogen-bond donors (Lipinski definition) is 2. The zero-order valence-electron chi connectivity index (χ0n) is 10.3. The molecule has 1 heterocycles. The predicted octanol–water partition coefficient (Wildman–Crippen LogP) is 0.601. The number of carboxylic acid groups (broad SMARTS) is 1. The number of carbonyl (C=O) groups is 2. The smallest absolute Gasteiger partial charge is 0.339 e. The first kappa shape index (κ1) is 12.0. The summed E-state index contributed by atoms with van der Waals surface area (Å²) >= 11 is 0. The van der Waals surface area contributed by atoms with E-state index in [0.29, 0.717) is 25.1 Å². The number of fused-ring (bicyclic) bond motifs is 1. The lowest BCUT2D eigenvalue weighted by atomic mass is 10.1. The van der Waals surface area contributed by atoms with Crippen LogP contribution < -0.4 is 15.4 Å². The number of nitrogens with two attached hydrogens (primary N) is 1. The molecule has 1 aliphatic heterocycles. The van der Waals surface area contributed by atoms with Gasteiger partial charge in [0.15, 0.2) is 5.75 Å². The fourth-order valence-corrected chi connectivity index (χ4v) is 2.25. The fourth-order valence-electron chi connectivity index (χ4n) is 2.25. The number of benzene rings is 1. The van der Waals surface area contributed by atoms with Gasteiger partial charge in [-0.2, -0.15) is 0 Å². The van der Waals surface area contributed by atoms with Gasteiger partial charge < -0.3 is 20.5 Å². The van der Waals surface area contributed by atoms with Gasteiger partial charge in [-0.05, 0) is 25.0 Å². The number of carboxylic acids is 1. The van der Waals surface area contributed by atoms with Crippen LogP contribution in [-0.2, 0) is 4.79 Å². The molecular weight excluding hydrogens is 248 g/mol. The van der Waals surface area contributed by atoms with Gasteiger partial charge in [0.05, 0.1) is 17.8 Å². The van der Waals surface area contributed by atoms with Gasteiger partial charge in [0.1, 0.15) is 12.2 Å². The summed E-state index contributed by atoms with van der Waals surface area (Å²) in [5.74, 6) is -0.974. The van der Waals surface area contributed by atoms with Gasteiger partial charge in [-0.3, -0.25) is 4.79 Å². The van der Waals surface area contributed by atoms with E-state index >= 15 is 0 Å². The zero-order chi connectivity index (χ0) is 13.6. The summed E-state index contributed by atoms with van der Waals surface area (Å²) in [6.45, 7) is 0.674. The molecule has 0 spiro atoms. The Morgan fingerprint density at radius 2 is 2.11 bits per heavy atom. The maximum Gasteiger partial charge on any atom is 0.339 e. The highest BCUT2D eigenvalue weighted by atomic mass is 16.5. The van der Waals surface area contributed by atoms with Crippen molar-refractivity contribution in [3.05, 3.63) is 23.8 Å². The maximum absolute atomic E-state index is 12.3. The molecule has 3 rings (SSSR count). The molecular formula is C13H14N2O4. The number of rotatable bonds is 2. The molecule has 0 unspecified atom stereocenters. The topological polar surface area (TPSA) is 92.9 Å². The minimum atomic E-state index is -1.07. The second-order valence-electron chi connectivity index (χ2n) is 4.92. The molecule has 0 bridgehead atoms. The number of ether oxygens (including phenoxy) is 1. The van der Waals surface area contributed by atoms with Gasteiger partial charge in [0.2, 0.25) is 5.91 Å². The third-order valence-corrected chi connectivity index (χ3v) is 3.54. The van der Waals surface area contributed by atoms with E-state index < -0.39 is 11.5 Å². The van der Waals surface area contributed by atoms with E-state index in [9.17, 15) is 9.59 Å². The SMILES string of the molecule is NC1(C(=O)N2CCOc3c(C(=O)O)cccc32)CC1. The first-order valence-corrected chi connectivity index (χ1v) is 6.13. The van der Waals surface area contributed by atoms with Crippen LogP contribution >= 0.6 is 0 Å². The highest BCUT2D eigenvalue weighted by Gasteiger charge is 2.49. The van der Waals surface area contributed by atoms with Gasteiger partial charge in [0.25, 0.3) is 0 Å². The van der Waals surface area contributed by atoms with E-state index in [2.05, 4.69) is 0 Å². The van der Waals surface area contributed by atoms with E-state index in [1.54, 1.807) is 12.1 Å². The van der Waals surface area contributed by atoms with E-state index in [1.165, 1.54) is 11.0 Å². The van der Waals surface area contributed by atoms with Gasteiger partial charge in [-0.1, -0.05) is 6.07 Å². The lowest BCUT2D eigenvalue weighted by molar-refractivity contribution is -0.121. The Bertz CT molecular complexity index is 566. The zero-order valence-corrected chi connectivity index (χ0v) is 10.3. The Morgan fingerprint density at radius 1 is 1.37 bits per heavy atom. The van der Waals surface area contributed by atoms with E-state index in [-0.39, 0.29) is 23.8 Å². The van der Waals surface area contributed by atoms with Crippen LogP contribution in [-0.4, -0.2) is 35.7 Å². The lowest BCUT2D eigenvalue weighted by Gasteiger charge is -2.32.